The molecule has 0 aromatic carbocycles. The van der Waals surface area contributed by atoms with Gasteiger partial charge in [0.25, 0.3) is 5.91 Å². The smallest absolute Gasteiger partial charge is 0.309 e. The molecule has 0 unspecified atom stereocenters. The third-order valence-corrected chi connectivity index (χ3v) is 5.20. The van der Waals surface area contributed by atoms with Crippen molar-refractivity contribution in [2.24, 2.45) is 0 Å². The molecule has 6 nitrogen and oxygen atoms in total. The van der Waals surface area contributed by atoms with Crippen LogP contribution in [0.5, 0.6) is 0 Å². The molecule has 1 saturated heterocycles. The number of amides is 3. The van der Waals surface area contributed by atoms with Gasteiger partial charge in [0.05, 0.1) is 11.0 Å². The van der Waals surface area contributed by atoms with Crippen molar-refractivity contribution in [1.29, 1.82) is 0 Å². The summed E-state index contributed by atoms with van der Waals surface area (Å²) in [6.07, 6.45) is 0. The SMILES string of the molecule is CC(C)S(=O)(=O)CCN1C(=O)NC(=O)C1(C)C. The summed E-state index contributed by atoms with van der Waals surface area (Å²) in [5.41, 5.74) is -0.983. The normalized spacial score (nSPS) is 19.9. The Labute approximate surface area is 101 Å². The van der Waals surface area contributed by atoms with Gasteiger partial charge in [-0.15, -0.1) is 0 Å². The van der Waals surface area contributed by atoms with Gasteiger partial charge in [-0.1, -0.05) is 0 Å². The molecular weight excluding hydrogens is 244 g/mol. The standard InChI is InChI=1S/C10H18N2O4S/c1-7(2)17(15,16)6-5-12-9(14)11-8(13)10(12,3)4/h7H,5-6H2,1-4H3,(H,11,13,14). The van der Waals surface area contributed by atoms with Gasteiger partial charge in [-0.25, -0.2) is 13.2 Å². The van der Waals surface area contributed by atoms with Gasteiger partial charge in [-0.05, 0) is 27.7 Å². The first-order valence-corrected chi connectivity index (χ1v) is 7.15. The van der Waals surface area contributed by atoms with E-state index in [1.165, 1.54) is 4.90 Å². The van der Waals surface area contributed by atoms with Crippen LogP contribution in [0.1, 0.15) is 27.7 Å². The number of carbonyl (C=O) groups is 2. The first kappa shape index (κ1) is 14.0. The van der Waals surface area contributed by atoms with E-state index < -0.39 is 32.6 Å². The molecule has 0 bridgehead atoms. The van der Waals surface area contributed by atoms with Crippen LogP contribution in [0.3, 0.4) is 0 Å². The lowest BCUT2D eigenvalue weighted by Gasteiger charge is -2.27. The van der Waals surface area contributed by atoms with E-state index in [1.54, 1.807) is 27.7 Å². The van der Waals surface area contributed by atoms with Gasteiger partial charge in [-0.3, -0.25) is 10.1 Å². The highest BCUT2D eigenvalue weighted by Crippen LogP contribution is 2.20. The van der Waals surface area contributed by atoms with Gasteiger partial charge in [0.2, 0.25) is 0 Å². The first-order valence-electron chi connectivity index (χ1n) is 5.43. The fraction of sp³-hybridized carbons (Fsp3) is 0.800. The van der Waals surface area contributed by atoms with E-state index in [9.17, 15) is 18.0 Å². The second-order valence-corrected chi connectivity index (χ2v) is 7.56. The highest BCUT2D eigenvalue weighted by atomic mass is 32.2. The van der Waals surface area contributed by atoms with Gasteiger partial charge in [-0.2, -0.15) is 0 Å². The Morgan fingerprint density at radius 3 is 2.18 bits per heavy atom. The summed E-state index contributed by atoms with van der Waals surface area (Å²) in [6.45, 7) is 6.40. The summed E-state index contributed by atoms with van der Waals surface area (Å²) in [7, 11) is -3.21. The average Bonchev–Trinajstić information content (AvgIpc) is 2.34. The van der Waals surface area contributed by atoms with Crippen molar-refractivity contribution in [2.45, 2.75) is 38.5 Å². The van der Waals surface area contributed by atoms with Crippen molar-refractivity contribution in [2.75, 3.05) is 12.3 Å². The summed E-state index contributed by atoms with van der Waals surface area (Å²) in [4.78, 5) is 24.2. The number of carbonyl (C=O) groups excluding carboxylic acids is 2. The van der Waals surface area contributed by atoms with E-state index in [4.69, 9.17) is 0 Å². The van der Waals surface area contributed by atoms with Crippen LogP contribution < -0.4 is 5.32 Å². The molecule has 3 amide bonds. The van der Waals surface area contributed by atoms with Gasteiger partial charge in [0, 0.05) is 6.54 Å². The molecule has 1 heterocycles. The van der Waals surface area contributed by atoms with Crippen molar-refractivity contribution in [3.05, 3.63) is 0 Å². The number of sulfone groups is 1. The summed E-state index contributed by atoms with van der Waals surface area (Å²) in [5.74, 6) is -0.529. The second kappa shape index (κ2) is 4.29. The summed E-state index contributed by atoms with van der Waals surface area (Å²) in [6, 6.07) is -0.529. The highest BCUT2D eigenvalue weighted by molar-refractivity contribution is 7.92. The Kier molecular flexibility index (Phi) is 3.52. The molecule has 17 heavy (non-hydrogen) atoms. The lowest BCUT2D eigenvalue weighted by atomic mass is 10.1. The average molecular weight is 262 g/mol. The van der Waals surface area contributed by atoms with E-state index in [1.807, 2.05) is 0 Å². The molecule has 0 saturated carbocycles. The molecule has 1 aliphatic rings. The van der Waals surface area contributed by atoms with Crippen molar-refractivity contribution in [3.63, 3.8) is 0 Å². The van der Waals surface area contributed by atoms with E-state index in [-0.39, 0.29) is 12.3 Å². The molecule has 1 N–H and O–H groups in total. The highest BCUT2D eigenvalue weighted by Gasteiger charge is 2.45. The van der Waals surface area contributed by atoms with Crippen LogP contribution >= 0.6 is 0 Å². The largest absolute Gasteiger partial charge is 0.325 e. The van der Waals surface area contributed by atoms with Crippen LogP contribution in [0, 0.1) is 0 Å². The van der Waals surface area contributed by atoms with E-state index in [2.05, 4.69) is 5.32 Å². The van der Waals surface area contributed by atoms with Crippen LogP contribution in [-0.2, 0) is 14.6 Å². The Hall–Kier alpha value is -1.11. The van der Waals surface area contributed by atoms with Crippen molar-refractivity contribution < 1.29 is 18.0 Å². The maximum atomic E-state index is 11.6. The summed E-state index contributed by atoms with van der Waals surface area (Å²) in [5, 5.41) is 1.70. The van der Waals surface area contributed by atoms with Crippen LogP contribution in [0.4, 0.5) is 4.79 Å². The first-order chi connectivity index (χ1) is 7.59. The number of urea groups is 1. The minimum absolute atomic E-state index is 0.0328. The van der Waals surface area contributed by atoms with Crippen LogP contribution in [0.15, 0.2) is 0 Å². The lowest BCUT2D eigenvalue weighted by molar-refractivity contribution is -0.125. The fourth-order valence-corrected chi connectivity index (χ4v) is 2.44. The molecule has 0 aliphatic carbocycles. The molecule has 1 aliphatic heterocycles. The third-order valence-electron chi connectivity index (χ3n) is 3.01. The quantitative estimate of drug-likeness (QED) is 0.730. The summed E-state index contributed by atoms with van der Waals surface area (Å²) < 4.78 is 23.3. The summed E-state index contributed by atoms with van der Waals surface area (Å²) >= 11 is 0. The number of nitrogens with zero attached hydrogens (tertiary/aromatic N) is 1. The van der Waals surface area contributed by atoms with Crippen LogP contribution in [0.2, 0.25) is 0 Å². The van der Waals surface area contributed by atoms with Gasteiger partial charge >= 0.3 is 6.03 Å². The van der Waals surface area contributed by atoms with E-state index >= 15 is 0 Å². The minimum Gasteiger partial charge on any atom is -0.309 e. The third kappa shape index (κ3) is 2.59. The predicted molar refractivity (Wildman–Crippen MR) is 63.2 cm³/mol. The van der Waals surface area contributed by atoms with E-state index in [0.717, 1.165) is 0 Å². The Morgan fingerprint density at radius 1 is 1.29 bits per heavy atom. The Morgan fingerprint density at radius 2 is 1.82 bits per heavy atom. The molecule has 0 radical (unpaired) electrons. The number of rotatable bonds is 4. The van der Waals surface area contributed by atoms with Crippen LogP contribution in [0.25, 0.3) is 0 Å². The molecule has 7 heteroatoms. The molecule has 0 spiro atoms. The second-order valence-electron chi connectivity index (χ2n) is 4.89. The maximum Gasteiger partial charge on any atom is 0.325 e. The topological polar surface area (TPSA) is 83.6 Å². The van der Waals surface area contributed by atoms with Gasteiger partial charge in [0.15, 0.2) is 9.84 Å². The van der Waals surface area contributed by atoms with Crippen molar-refractivity contribution in [3.8, 4) is 0 Å². The molecule has 1 rings (SSSR count). The zero-order valence-corrected chi connectivity index (χ0v) is 11.3. The van der Waals surface area contributed by atoms with Crippen molar-refractivity contribution >= 4 is 21.8 Å². The number of hydrogen-bond acceptors (Lipinski definition) is 4. The predicted octanol–water partition coefficient (Wildman–Crippen LogP) is 0.140. The van der Waals surface area contributed by atoms with E-state index in [0.29, 0.717) is 0 Å². The molecule has 1 fully saturated rings. The van der Waals surface area contributed by atoms with Gasteiger partial charge < -0.3 is 4.90 Å². The maximum absolute atomic E-state index is 11.6. The lowest BCUT2D eigenvalue weighted by Crippen LogP contribution is -2.46. The molecular formula is C10H18N2O4S. The monoisotopic (exact) mass is 262 g/mol. The molecule has 0 atom stereocenters. The fourth-order valence-electron chi connectivity index (χ4n) is 1.53. The zero-order chi connectivity index (χ0) is 13.4. The minimum atomic E-state index is -3.21. The Bertz CT molecular complexity index is 439. The number of nitrogens with one attached hydrogen (secondary N) is 1. The van der Waals surface area contributed by atoms with Crippen molar-refractivity contribution in [1.82, 2.24) is 10.2 Å². The molecule has 0 aromatic heterocycles. The Balaban J connectivity index is 2.77. The van der Waals surface area contributed by atoms with Crippen LogP contribution in [-0.4, -0.2) is 48.3 Å². The number of hydrogen-bond donors (Lipinski definition) is 1. The zero-order valence-electron chi connectivity index (χ0n) is 10.5. The number of imide groups is 1. The molecule has 98 valence electrons. The van der Waals surface area contributed by atoms with Gasteiger partial charge in [0.1, 0.15) is 5.54 Å². The molecule has 0 aromatic rings.